The number of thioether (sulfide) groups is 1. The van der Waals surface area contributed by atoms with Crippen molar-refractivity contribution >= 4 is 29.6 Å². The van der Waals surface area contributed by atoms with Gasteiger partial charge in [0.05, 0.1) is 6.61 Å². The van der Waals surface area contributed by atoms with E-state index in [0.717, 1.165) is 16.7 Å². The summed E-state index contributed by atoms with van der Waals surface area (Å²) in [7, 11) is 0. The summed E-state index contributed by atoms with van der Waals surface area (Å²) < 4.78 is 4.89. The first-order chi connectivity index (χ1) is 7.84. The van der Waals surface area contributed by atoms with E-state index in [1.165, 1.54) is 13.8 Å². The van der Waals surface area contributed by atoms with Crippen molar-refractivity contribution in [3.05, 3.63) is 0 Å². The maximum Gasteiger partial charge on any atom is 1.00 e. The Morgan fingerprint density at radius 3 is 2.50 bits per heavy atom. The van der Waals surface area contributed by atoms with Crippen LogP contribution in [0, 0.1) is 0 Å². The molecule has 0 aliphatic carbocycles. The number of hydrogen-bond donors (Lipinski definition) is 1. The average molecular weight is 285 g/mol. The molecule has 1 N–H and O–H groups in total. The number of rotatable bonds is 3. The Kier molecular flexibility index (Phi) is 6.70. The standard InChI is InChI=1S/C10H15NO5S.Na.H/c1-4-16-9(15)10(3)11(6(2)12)7(5-17-10)8(13)14;;/h7H,4-5H2,1-3H3,(H,13,14);;/q;+1;-1. The van der Waals surface area contributed by atoms with Gasteiger partial charge in [-0.2, -0.15) is 0 Å². The maximum atomic E-state index is 11.8. The Bertz CT molecular complexity index is 370. The van der Waals surface area contributed by atoms with E-state index in [2.05, 4.69) is 0 Å². The molecular weight excluding hydrogens is 269 g/mol. The van der Waals surface area contributed by atoms with Crippen molar-refractivity contribution in [1.29, 1.82) is 0 Å². The molecule has 0 radical (unpaired) electrons. The van der Waals surface area contributed by atoms with Crippen LogP contribution in [0.3, 0.4) is 0 Å². The Morgan fingerprint density at radius 1 is 1.56 bits per heavy atom. The second kappa shape index (κ2) is 6.79. The molecule has 98 valence electrons. The first-order valence-corrected chi connectivity index (χ1v) is 6.17. The topological polar surface area (TPSA) is 83.9 Å². The minimum atomic E-state index is -1.25. The summed E-state index contributed by atoms with van der Waals surface area (Å²) in [6.45, 7) is 4.62. The normalized spacial score (nSPS) is 26.4. The summed E-state index contributed by atoms with van der Waals surface area (Å²) in [6, 6.07) is -0.980. The number of hydrogen-bond acceptors (Lipinski definition) is 5. The Balaban J connectivity index is 0. The number of carbonyl (C=O) groups excluding carboxylic acids is 2. The summed E-state index contributed by atoms with van der Waals surface area (Å²) in [4.78, 5) is 34.2. The van der Waals surface area contributed by atoms with E-state index < -0.39 is 28.8 Å². The number of esters is 1. The van der Waals surface area contributed by atoms with Gasteiger partial charge in [0.15, 0.2) is 4.87 Å². The molecule has 1 aliphatic rings. The maximum absolute atomic E-state index is 11.8. The fourth-order valence-corrected chi connectivity index (χ4v) is 3.15. The van der Waals surface area contributed by atoms with E-state index in [4.69, 9.17) is 9.84 Å². The van der Waals surface area contributed by atoms with Gasteiger partial charge in [-0.3, -0.25) is 4.79 Å². The molecule has 0 aromatic carbocycles. The van der Waals surface area contributed by atoms with E-state index in [0.29, 0.717) is 0 Å². The van der Waals surface area contributed by atoms with E-state index in [1.807, 2.05) is 0 Å². The Morgan fingerprint density at radius 2 is 2.11 bits per heavy atom. The molecule has 2 unspecified atom stereocenters. The van der Waals surface area contributed by atoms with Crippen LogP contribution < -0.4 is 29.6 Å². The Hall–Kier alpha value is -0.240. The predicted molar refractivity (Wildman–Crippen MR) is 62.6 cm³/mol. The van der Waals surface area contributed by atoms with Crippen LogP contribution in [-0.4, -0.2) is 51.1 Å². The van der Waals surface area contributed by atoms with Crippen molar-refractivity contribution in [3.8, 4) is 0 Å². The van der Waals surface area contributed by atoms with Gasteiger partial charge in [0.2, 0.25) is 5.91 Å². The summed E-state index contributed by atoms with van der Waals surface area (Å²) in [5.41, 5.74) is 0. The third kappa shape index (κ3) is 3.20. The molecule has 1 heterocycles. The molecule has 0 spiro atoms. The van der Waals surface area contributed by atoms with Crippen LogP contribution in [0.2, 0.25) is 0 Å². The van der Waals surface area contributed by atoms with Crippen molar-refractivity contribution in [1.82, 2.24) is 4.90 Å². The quantitative estimate of drug-likeness (QED) is 0.453. The van der Waals surface area contributed by atoms with Crippen LogP contribution in [0.25, 0.3) is 0 Å². The summed E-state index contributed by atoms with van der Waals surface area (Å²) >= 11 is 1.12. The molecule has 1 fully saturated rings. The van der Waals surface area contributed by atoms with Crippen molar-refractivity contribution in [2.45, 2.75) is 31.7 Å². The van der Waals surface area contributed by atoms with Crippen LogP contribution >= 0.6 is 11.8 Å². The van der Waals surface area contributed by atoms with Crippen LogP contribution in [-0.2, 0) is 19.1 Å². The second-order valence-corrected chi connectivity index (χ2v) is 5.17. The first kappa shape index (κ1) is 17.8. The van der Waals surface area contributed by atoms with Gasteiger partial charge in [0.1, 0.15) is 6.04 Å². The summed E-state index contributed by atoms with van der Waals surface area (Å²) in [5, 5.41) is 9.02. The van der Waals surface area contributed by atoms with Gasteiger partial charge >= 0.3 is 41.5 Å². The number of nitrogens with zero attached hydrogens (tertiary/aromatic N) is 1. The van der Waals surface area contributed by atoms with E-state index in [1.54, 1.807) is 6.92 Å². The molecule has 8 heteroatoms. The molecule has 18 heavy (non-hydrogen) atoms. The fraction of sp³-hybridized carbons (Fsp3) is 0.700. The van der Waals surface area contributed by atoms with Crippen LogP contribution in [0.5, 0.6) is 0 Å². The molecule has 0 aromatic rings. The zero-order chi connectivity index (χ0) is 13.2. The fourth-order valence-electron chi connectivity index (χ4n) is 1.81. The van der Waals surface area contributed by atoms with Crippen LogP contribution in [0.15, 0.2) is 0 Å². The summed E-state index contributed by atoms with van der Waals surface area (Å²) in [6.07, 6.45) is 0. The molecule has 0 aromatic heterocycles. The zero-order valence-electron chi connectivity index (χ0n) is 11.9. The molecule has 1 rings (SSSR count). The van der Waals surface area contributed by atoms with Crippen molar-refractivity contribution in [2.75, 3.05) is 12.4 Å². The number of carboxylic acids is 1. The minimum absolute atomic E-state index is 0. The van der Waals surface area contributed by atoms with Crippen LogP contribution in [0.4, 0.5) is 0 Å². The zero-order valence-corrected chi connectivity index (χ0v) is 13.7. The molecule has 1 saturated heterocycles. The monoisotopic (exact) mass is 285 g/mol. The van der Waals surface area contributed by atoms with Crippen molar-refractivity contribution < 1.29 is 55.2 Å². The average Bonchev–Trinajstić information content (AvgIpc) is 2.58. The van der Waals surface area contributed by atoms with Crippen molar-refractivity contribution in [3.63, 3.8) is 0 Å². The number of carboxylic acid groups (broad SMARTS) is 1. The van der Waals surface area contributed by atoms with Crippen LogP contribution in [0.1, 0.15) is 22.2 Å². The molecule has 2 atom stereocenters. The second-order valence-electron chi connectivity index (χ2n) is 3.76. The third-order valence-electron chi connectivity index (χ3n) is 2.57. The minimum Gasteiger partial charge on any atom is -1.00 e. The number of ether oxygens (including phenoxy) is 1. The molecule has 1 aliphatic heterocycles. The molecule has 1 amide bonds. The number of amides is 1. The van der Waals surface area contributed by atoms with Gasteiger partial charge in [-0.15, -0.1) is 11.8 Å². The number of carbonyl (C=O) groups is 3. The van der Waals surface area contributed by atoms with Gasteiger partial charge in [0.25, 0.3) is 0 Å². The van der Waals surface area contributed by atoms with Gasteiger partial charge in [-0.05, 0) is 13.8 Å². The van der Waals surface area contributed by atoms with Crippen molar-refractivity contribution in [2.24, 2.45) is 0 Å². The molecule has 0 bridgehead atoms. The largest absolute Gasteiger partial charge is 1.00 e. The molecule has 6 nitrogen and oxygen atoms in total. The van der Waals surface area contributed by atoms with Gasteiger partial charge < -0.3 is 16.2 Å². The van der Waals surface area contributed by atoms with E-state index in [-0.39, 0.29) is 43.3 Å². The SMILES string of the molecule is CCOC(=O)C1(C)SCC(C(=O)O)N1C(C)=O.[H-].[Na+]. The van der Waals surface area contributed by atoms with Gasteiger partial charge in [0, 0.05) is 12.7 Å². The third-order valence-corrected chi connectivity index (χ3v) is 3.98. The van der Waals surface area contributed by atoms with E-state index >= 15 is 0 Å². The Labute approximate surface area is 133 Å². The first-order valence-electron chi connectivity index (χ1n) is 5.18. The number of aliphatic carboxylic acids is 1. The smallest absolute Gasteiger partial charge is 1.00 e. The molecule has 0 saturated carbocycles. The summed E-state index contributed by atoms with van der Waals surface area (Å²) in [5.74, 6) is -1.95. The van der Waals surface area contributed by atoms with Gasteiger partial charge in [-0.25, -0.2) is 9.59 Å². The van der Waals surface area contributed by atoms with Gasteiger partial charge in [-0.1, -0.05) is 0 Å². The predicted octanol–water partition coefficient (Wildman–Crippen LogP) is -2.57. The molecular formula is C10H16NNaO5S. The van der Waals surface area contributed by atoms with E-state index in [9.17, 15) is 14.4 Å².